The number of nitrogen functional groups attached to an aromatic ring is 1. The van der Waals surface area contributed by atoms with E-state index >= 15 is 0 Å². The molecule has 108 valence electrons. The van der Waals surface area contributed by atoms with Gasteiger partial charge in [0.2, 0.25) is 5.91 Å². The fourth-order valence-corrected chi connectivity index (χ4v) is 3.34. The maximum Gasteiger partial charge on any atom is 0.227 e. The van der Waals surface area contributed by atoms with E-state index in [9.17, 15) is 4.79 Å². The number of benzene rings is 1. The summed E-state index contributed by atoms with van der Waals surface area (Å²) in [6.45, 7) is 4.20. The van der Waals surface area contributed by atoms with Crippen molar-refractivity contribution in [3.05, 3.63) is 29.8 Å². The first-order valence-corrected chi connectivity index (χ1v) is 7.59. The third-order valence-corrected chi connectivity index (χ3v) is 4.57. The number of amides is 1. The Bertz CT molecular complexity index is 482. The molecular formula is C16H23N3O. The number of hydrogen-bond acceptors (Lipinski definition) is 3. The van der Waals surface area contributed by atoms with E-state index in [1.165, 1.54) is 25.9 Å². The van der Waals surface area contributed by atoms with Gasteiger partial charge < -0.3 is 10.6 Å². The summed E-state index contributed by atoms with van der Waals surface area (Å²) in [5.74, 6) is 0.213. The van der Waals surface area contributed by atoms with Crippen molar-refractivity contribution in [2.45, 2.75) is 31.7 Å². The lowest BCUT2D eigenvalue weighted by Gasteiger charge is -2.23. The molecule has 2 aliphatic rings. The average molecular weight is 273 g/mol. The predicted octanol–water partition coefficient (Wildman–Crippen LogP) is 1.51. The summed E-state index contributed by atoms with van der Waals surface area (Å²) in [6.07, 6.45) is 4.17. The summed E-state index contributed by atoms with van der Waals surface area (Å²) < 4.78 is 0. The standard InChI is InChI=1S/C16H23N3O/c17-15-6-2-1-5-13(15)11-16(20)19-10-7-14(12-19)18-8-3-4-9-18/h1-2,5-6,14H,3-4,7-12,17H2. The number of nitrogens with zero attached hydrogens (tertiary/aromatic N) is 2. The van der Waals surface area contributed by atoms with Gasteiger partial charge in [-0.05, 0) is 44.0 Å². The van der Waals surface area contributed by atoms with Crippen molar-refractivity contribution in [3.63, 3.8) is 0 Å². The van der Waals surface area contributed by atoms with Crippen LogP contribution in [0.2, 0.25) is 0 Å². The van der Waals surface area contributed by atoms with Crippen LogP contribution >= 0.6 is 0 Å². The highest BCUT2D eigenvalue weighted by Gasteiger charge is 2.31. The van der Waals surface area contributed by atoms with Gasteiger partial charge in [0, 0.05) is 24.8 Å². The molecule has 0 aliphatic carbocycles. The Hall–Kier alpha value is -1.55. The fourth-order valence-electron chi connectivity index (χ4n) is 3.34. The molecule has 4 nitrogen and oxygen atoms in total. The van der Waals surface area contributed by atoms with E-state index in [0.717, 1.165) is 30.8 Å². The van der Waals surface area contributed by atoms with Crippen molar-refractivity contribution >= 4 is 11.6 Å². The van der Waals surface area contributed by atoms with Crippen molar-refractivity contribution in [3.8, 4) is 0 Å². The zero-order valence-corrected chi connectivity index (χ0v) is 11.9. The molecule has 0 radical (unpaired) electrons. The highest BCUT2D eigenvalue weighted by atomic mass is 16.2. The minimum atomic E-state index is 0.213. The molecule has 1 unspecified atom stereocenters. The topological polar surface area (TPSA) is 49.6 Å². The summed E-state index contributed by atoms with van der Waals surface area (Å²) in [6, 6.07) is 8.23. The highest BCUT2D eigenvalue weighted by Crippen LogP contribution is 2.21. The number of carbonyl (C=O) groups is 1. The molecule has 1 amide bonds. The predicted molar refractivity (Wildman–Crippen MR) is 80.4 cm³/mol. The number of nitrogens with two attached hydrogens (primary N) is 1. The van der Waals surface area contributed by atoms with Gasteiger partial charge in [-0.25, -0.2) is 0 Å². The molecule has 2 heterocycles. The van der Waals surface area contributed by atoms with E-state index in [4.69, 9.17) is 5.73 Å². The van der Waals surface area contributed by atoms with Crippen LogP contribution < -0.4 is 5.73 Å². The Morgan fingerprint density at radius 1 is 1.20 bits per heavy atom. The van der Waals surface area contributed by atoms with Crippen LogP contribution in [0.15, 0.2) is 24.3 Å². The summed E-state index contributed by atoms with van der Waals surface area (Å²) in [5.41, 5.74) is 7.58. The summed E-state index contributed by atoms with van der Waals surface area (Å²) in [4.78, 5) is 16.9. The van der Waals surface area contributed by atoms with E-state index in [0.29, 0.717) is 12.5 Å². The number of para-hydroxylation sites is 1. The minimum absolute atomic E-state index is 0.213. The molecule has 0 spiro atoms. The molecule has 2 fully saturated rings. The second-order valence-corrected chi connectivity index (χ2v) is 5.90. The minimum Gasteiger partial charge on any atom is -0.398 e. The van der Waals surface area contributed by atoms with Crippen molar-refractivity contribution < 1.29 is 4.79 Å². The normalized spacial score (nSPS) is 23.4. The van der Waals surface area contributed by atoms with E-state index in [1.807, 2.05) is 29.2 Å². The van der Waals surface area contributed by atoms with Gasteiger partial charge >= 0.3 is 0 Å². The van der Waals surface area contributed by atoms with Gasteiger partial charge in [-0.2, -0.15) is 0 Å². The molecule has 2 N–H and O–H groups in total. The zero-order valence-electron chi connectivity index (χ0n) is 11.9. The third kappa shape index (κ3) is 2.80. The lowest BCUT2D eigenvalue weighted by atomic mass is 10.1. The maximum absolute atomic E-state index is 12.4. The van der Waals surface area contributed by atoms with Gasteiger partial charge in [0.25, 0.3) is 0 Å². The Labute approximate surface area is 120 Å². The lowest BCUT2D eigenvalue weighted by molar-refractivity contribution is -0.129. The van der Waals surface area contributed by atoms with E-state index < -0.39 is 0 Å². The number of anilines is 1. The van der Waals surface area contributed by atoms with Crippen molar-refractivity contribution in [1.82, 2.24) is 9.80 Å². The smallest absolute Gasteiger partial charge is 0.227 e. The average Bonchev–Trinajstić information content (AvgIpc) is 3.11. The molecule has 2 aliphatic heterocycles. The molecule has 2 saturated heterocycles. The van der Waals surface area contributed by atoms with Crippen LogP contribution in [0.5, 0.6) is 0 Å². The first-order chi connectivity index (χ1) is 9.74. The number of likely N-dealkylation sites (tertiary alicyclic amines) is 2. The van der Waals surface area contributed by atoms with Gasteiger partial charge in [-0.1, -0.05) is 18.2 Å². The molecule has 20 heavy (non-hydrogen) atoms. The van der Waals surface area contributed by atoms with Crippen LogP contribution in [-0.2, 0) is 11.2 Å². The number of carbonyl (C=O) groups excluding carboxylic acids is 1. The summed E-state index contributed by atoms with van der Waals surface area (Å²) in [5, 5.41) is 0. The first kappa shape index (κ1) is 13.4. The lowest BCUT2D eigenvalue weighted by Crippen LogP contribution is -2.37. The molecular weight excluding hydrogens is 250 g/mol. The highest BCUT2D eigenvalue weighted by molar-refractivity contribution is 5.80. The molecule has 0 bridgehead atoms. The Balaban J connectivity index is 1.57. The second-order valence-electron chi connectivity index (χ2n) is 5.90. The fraction of sp³-hybridized carbons (Fsp3) is 0.562. The SMILES string of the molecule is Nc1ccccc1CC(=O)N1CCC(N2CCCC2)C1. The van der Waals surface area contributed by atoms with E-state index in [2.05, 4.69) is 4.90 Å². The van der Waals surface area contributed by atoms with Gasteiger partial charge in [0.05, 0.1) is 6.42 Å². The van der Waals surface area contributed by atoms with Gasteiger partial charge in [0.15, 0.2) is 0 Å². The van der Waals surface area contributed by atoms with Gasteiger partial charge in [-0.15, -0.1) is 0 Å². The Kier molecular flexibility index (Phi) is 3.92. The van der Waals surface area contributed by atoms with Crippen LogP contribution in [-0.4, -0.2) is 47.9 Å². The van der Waals surface area contributed by atoms with Crippen LogP contribution in [0.3, 0.4) is 0 Å². The molecule has 3 rings (SSSR count). The molecule has 0 aromatic heterocycles. The monoisotopic (exact) mass is 273 g/mol. The molecule has 1 atom stereocenters. The molecule has 1 aromatic carbocycles. The zero-order chi connectivity index (χ0) is 13.9. The Morgan fingerprint density at radius 3 is 2.70 bits per heavy atom. The van der Waals surface area contributed by atoms with Crippen molar-refractivity contribution in [2.24, 2.45) is 0 Å². The van der Waals surface area contributed by atoms with Crippen LogP contribution in [0.1, 0.15) is 24.8 Å². The number of hydrogen-bond donors (Lipinski definition) is 1. The van der Waals surface area contributed by atoms with E-state index in [-0.39, 0.29) is 5.91 Å². The number of rotatable bonds is 3. The van der Waals surface area contributed by atoms with Crippen molar-refractivity contribution in [1.29, 1.82) is 0 Å². The largest absolute Gasteiger partial charge is 0.398 e. The van der Waals surface area contributed by atoms with E-state index in [1.54, 1.807) is 0 Å². The van der Waals surface area contributed by atoms with Gasteiger partial charge in [0.1, 0.15) is 0 Å². The molecule has 0 saturated carbocycles. The summed E-state index contributed by atoms with van der Waals surface area (Å²) in [7, 11) is 0. The third-order valence-electron chi connectivity index (χ3n) is 4.57. The van der Waals surface area contributed by atoms with Crippen LogP contribution in [0.25, 0.3) is 0 Å². The first-order valence-electron chi connectivity index (χ1n) is 7.59. The van der Waals surface area contributed by atoms with Crippen molar-refractivity contribution in [2.75, 3.05) is 31.9 Å². The molecule has 1 aromatic rings. The maximum atomic E-state index is 12.4. The summed E-state index contributed by atoms with van der Waals surface area (Å²) >= 11 is 0. The Morgan fingerprint density at radius 2 is 1.95 bits per heavy atom. The van der Waals surface area contributed by atoms with Crippen LogP contribution in [0, 0.1) is 0 Å². The quantitative estimate of drug-likeness (QED) is 0.849. The van der Waals surface area contributed by atoms with Crippen LogP contribution in [0.4, 0.5) is 5.69 Å². The molecule has 4 heteroatoms. The second kappa shape index (κ2) is 5.83. The van der Waals surface area contributed by atoms with Gasteiger partial charge in [-0.3, -0.25) is 9.69 Å².